The van der Waals surface area contributed by atoms with Gasteiger partial charge in [0.25, 0.3) is 10.0 Å². The molecule has 1 atom stereocenters. The molecule has 0 saturated heterocycles. The molecule has 3 aromatic rings. The van der Waals surface area contributed by atoms with Crippen LogP contribution in [0.15, 0.2) is 77.7 Å². The van der Waals surface area contributed by atoms with Gasteiger partial charge in [0.1, 0.15) is 12.6 Å². The first-order valence-corrected chi connectivity index (χ1v) is 15.5. The molecular formula is C29H30Cl3N3O4S. The van der Waals surface area contributed by atoms with Gasteiger partial charge in [-0.05, 0) is 55.7 Å². The van der Waals surface area contributed by atoms with Gasteiger partial charge in [-0.3, -0.25) is 13.9 Å². The summed E-state index contributed by atoms with van der Waals surface area (Å²) in [5, 5.41) is 3.59. The molecule has 3 aromatic carbocycles. The average Bonchev–Trinajstić information content (AvgIpc) is 3.46. The number of hydrogen-bond donors (Lipinski definition) is 1. The van der Waals surface area contributed by atoms with Crippen molar-refractivity contribution < 1.29 is 18.0 Å². The predicted octanol–water partition coefficient (Wildman–Crippen LogP) is 6.32. The first kappa shape index (κ1) is 30.2. The van der Waals surface area contributed by atoms with Crippen molar-refractivity contribution in [3.63, 3.8) is 0 Å². The van der Waals surface area contributed by atoms with Crippen molar-refractivity contribution >= 4 is 62.3 Å². The summed E-state index contributed by atoms with van der Waals surface area (Å²) in [6.07, 6.45) is 3.84. The number of sulfonamides is 1. The molecular weight excluding hydrogens is 593 g/mol. The van der Waals surface area contributed by atoms with Gasteiger partial charge in [0.2, 0.25) is 11.8 Å². The molecule has 212 valence electrons. The van der Waals surface area contributed by atoms with Crippen molar-refractivity contribution in [2.24, 2.45) is 0 Å². The lowest BCUT2D eigenvalue weighted by molar-refractivity contribution is -0.139. The summed E-state index contributed by atoms with van der Waals surface area (Å²) in [6.45, 7) is 1.00. The van der Waals surface area contributed by atoms with E-state index in [0.29, 0.717) is 10.6 Å². The van der Waals surface area contributed by atoms with Crippen LogP contribution in [-0.2, 0) is 26.2 Å². The maximum Gasteiger partial charge on any atom is 0.264 e. The normalized spacial score (nSPS) is 14.5. The molecule has 7 nitrogen and oxygen atoms in total. The standard InChI is InChI=1S/C29H30Cl3N3O4S/c1-20(29(37)33-22-11-6-7-12-22)34(18-21-10-5-8-15-24(21)30)27(36)19-35(26-17-9-16-25(31)28(26)32)40(38,39)23-13-3-2-4-14-23/h2-5,8-10,13-17,20,22H,6-7,11-12,18-19H2,1H3,(H,33,37). The van der Waals surface area contributed by atoms with E-state index in [0.717, 1.165) is 30.0 Å². The highest BCUT2D eigenvalue weighted by atomic mass is 35.5. The van der Waals surface area contributed by atoms with Crippen LogP contribution in [0, 0.1) is 0 Å². The van der Waals surface area contributed by atoms with E-state index >= 15 is 0 Å². The molecule has 11 heteroatoms. The number of carbonyl (C=O) groups excluding carboxylic acids is 2. The summed E-state index contributed by atoms with van der Waals surface area (Å²) in [5.74, 6) is -0.921. The fourth-order valence-corrected chi connectivity index (χ4v) is 6.79. The Balaban J connectivity index is 1.72. The van der Waals surface area contributed by atoms with Gasteiger partial charge in [0.05, 0.1) is 20.6 Å². The monoisotopic (exact) mass is 621 g/mol. The molecule has 1 N–H and O–H groups in total. The van der Waals surface area contributed by atoms with E-state index < -0.39 is 28.5 Å². The third-order valence-corrected chi connectivity index (χ3v) is 9.93. The number of nitrogens with zero attached hydrogens (tertiary/aromatic N) is 2. The number of nitrogens with one attached hydrogen (secondary N) is 1. The van der Waals surface area contributed by atoms with Crippen molar-refractivity contribution in [2.75, 3.05) is 10.8 Å². The highest BCUT2D eigenvalue weighted by Crippen LogP contribution is 2.35. The van der Waals surface area contributed by atoms with Gasteiger partial charge >= 0.3 is 0 Å². The third-order valence-electron chi connectivity index (χ3n) is 6.98. The van der Waals surface area contributed by atoms with Gasteiger partial charge < -0.3 is 10.2 Å². The fraction of sp³-hybridized carbons (Fsp3) is 0.310. The molecule has 1 unspecified atom stereocenters. The van der Waals surface area contributed by atoms with Gasteiger partial charge in [-0.15, -0.1) is 0 Å². The molecule has 4 rings (SSSR count). The molecule has 1 aliphatic rings. The van der Waals surface area contributed by atoms with E-state index in [2.05, 4.69) is 5.32 Å². The minimum Gasteiger partial charge on any atom is -0.352 e. The predicted molar refractivity (Wildman–Crippen MR) is 159 cm³/mol. The number of rotatable bonds is 10. The number of amides is 2. The van der Waals surface area contributed by atoms with E-state index in [1.807, 2.05) is 0 Å². The summed E-state index contributed by atoms with van der Waals surface area (Å²) in [4.78, 5) is 28.6. The molecule has 0 bridgehead atoms. The topological polar surface area (TPSA) is 86.8 Å². The highest BCUT2D eigenvalue weighted by Gasteiger charge is 2.34. The van der Waals surface area contributed by atoms with Crippen LogP contribution in [0.2, 0.25) is 15.1 Å². The lowest BCUT2D eigenvalue weighted by Crippen LogP contribution is -2.52. The Kier molecular flexibility index (Phi) is 10.0. The second kappa shape index (κ2) is 13.3. The Morgan fingerprint density at radius 1 is 0.900 bits per heavy atom. The number of halogens is 3. The maximum absolute atomic E-state index is 14.0. The first-order chi connectivity index (χ1) is 19.1. The smallest absolute Gasteiger partial charge is 0.264 e. The van der Waals surface area contributed by atoms with Gasteiger partial charge in [0.15, 0.2) is 0 Å². The fourth-order valence-electron chi connectivity index (χ4n) is 4.70. The zero-order chi connectivity index (χ0) is 28.9. The average molecular weight is 623 g/mol. The van der Waals surface area contributed by atoms with Crippen molar-refractivity contribution in [2.45, 2.75) is 56.1 Å². The van der Waals surface area contributed by atoms with E-state index in [-0.39, 0.29) is 39.1 Å². The van der Waals surface area contributed by atoms with E-state index in [9.17, 15) is 18.0 Å². The second-order valence-electron chi connectivity index (χ2n) is 9.68. The molecule has 1 fully saturated rings. The number of carbonyl (C=O) groups is 2. The maximum atomic E-state index is 14.0. The molecule has 0 aromatic heterocycles. The summed E-state index contributed by atoms with van der Waals surface area (Å²) < 4.78 is 28.6. The summed E-state index contributed by atoms with van der Waals surface area (Å²) in [6, 6.07) is 18.5. The molecule has 0 aliphatic heterocycles. The molecule has 40 heavy (non-hydrogen) atoms. The number of anilines is 1. The van der Waals surface area contributed by atoms with E-state index in [1.165, 1.54) is 29.2 Å². The Morgan fingerprint density at radius 3 is 2.20 bits per heavy atom. The second-order valence-corrected chi connectivity index (χ2v) is 12.7. The van der Waals surface area contributed by atoms with Crippen molar-refractivity contribution in [1.29, 1.82) is 0 Å². The zero-order valence-corrected chi connectivity index (χ0v) is 25.0. The SMILES string of the molecule is CC(C(=O)NC1CCCC1)N(Cc1ccccc1Cl)C(=O)CN(c1cccc(Cl)c1Cl)S(=O)(=O)c1ccccc1. The van der Waals surface area contributed by atoms with Crippen LogP contribution >= 0.6 is 34.8 Å². The highest BCUT2D eigenvalue weighted by molar-refractivity contribution is 7.92. The Labute approximate surface area is 250 Å². The zero-order valence-electron chi connectivity index (χ0n) is 21.9. The Hall–Kier alpha value is -2.78. The Bertz CT molecular complexity index is 1460. The van der Waals surface area contributed by atoms with Crippen molar-refractivity contribution in [1.82, 2.24) is 10.2 Å². The van der Waals surface area contributed by atoms with Crippen LogP contribution in [0.4, 0.5) is 5.69 Å². The van der Waals surface area contributed by atoms with Crippen LogP contribution in [-0.4, -0.2) is 43.8 Å². The first-order valence-electron chi connectivity index (χ1n) is 12.9. The molecule has 2 amide bonds. The van der Waals surface area contributed by atoms with Crippen LogP contribution in [0.1, 0.15) is 38.2 Å². The van der Waals surface area contributed by atoms with Crippen molar-refractivity contribution in [3.05, 3.63) is 93.4 Å². The van der Waals surface area contributed by atoms with Crippen LogP contribution in [0.3, 0.4) is 0 Å². The van der Waals surface area contributed by atoms with Crippen molar-refractivity contribution in [3.8, 4) is 0 Å². The lowest BCUT2D eigenvalue weighted by Gasteiger charge is -2.33. The number of benzene rings is 3. The van der Waals surface area contributed by atoms with Crippen LogP contribution < -0.4 is 9.62 Å². The van der Waals surface area contributed by atoms with Gasteiger partial charge in [-0.2, -0.15) is 0 Å². The summed E-state index contributed by atoms with van der Waals surface area (Å²) >= 11 is 19.1. The van der Waals surface area contributed by atoms with Gasteiger partial charge in [-0.1, -0.05) is 90.1 Å². The van der Waals surface area contributed by atoms with Crippen LogP contribution in [0.5, 0.6) is 0 Å². The van der Waals surface area contributed by atoms with Crippen LogP contribution in [0.25, 0.3) is 0 Å². The van der Waals surface area contributed by atoms with Gasteiger partial charge in [0, 0.05) is 17.6 Å². The van der Waals surface area contributed by atoms with Gasteiger partial charge in [-0.25, -0.2) is 8.42 Å². The van der Waals surface area contributed by atoms with E-state index in [1.54, 1.807) is 55.5 Å². The minimum atomic E-state index is -4.25. The molecule has 1 saturated carbocycles. The van der Waals surface area contributed by atoms with E-state index in [4.69, 9.17) is 34.8 Å². The summed E-state index contributed by atoms with van der Waals surface area (Å²) in [5.41, 5.74) is 0.670. The molecule has 0 radical (unpaired) electrons. The number of hydrogen-bond acceptors (Lipinski definition) is 4. The Morgan fingerprint density at radius 2 is 1.52 bits per heavy atom. The molecule has 0 spiro atoms. The molecule has 0 heterocycles. The molecule has 1 aliphatic carbocycles. The third kappa shape index (κ3) is 6.92. The largest absolute Gasteiger partial charge is 0.352 e. The quantitative estimate of drug-likeness (QED) is 0.287. The summed E-state index contributed by atoms with van der Waals surface area (Å²) in [7, 11) is -4.25. The lowest BCUT2D eigenvalue weighted by atomic mass is 10.1. The minimum absolute atomic E-state index is 0.000261.